The maximum Gasteiger partial charge on any atom is 0.263 e. The van der Waals surface area contributed by atoms with Crippen LogP contribution in [-0.4, -0.2) is 48.5 Å². The van der Waals surface area contributed by atoms with Gasteiger partial charge in [-0.05, 0) is 81.7 Å². The summed E-state index contributed by atoms with van der Waals surface area (Å²) in [5.41, 5.74) is 12.4. The molecular weight excluding hydrogens is 442 g/mol. The zero-order chi connectivity index (χ0) is 23.4. The number of anilines is 2. The summed E-state index contributed by atoms with van der Waals surface area (Å²) < 4.78 is 1.09. The first kappa shape index (κ1) is 21.4. The molecule has 174 valence electrons. The van der Waals surface area contributed by atoms with Gasteiger partial charge in [-0.2, -0.15) is 0 Å². The van der Waals surface area contributed by atoms with Crippen molar-refractivity contribution in [3.8, 4) is 11.3 Å². The molecule has 0 bridgehead atoms. The zero-order valence-corrected chi connectivity index (χ0v) is 20.3. The van der Waals surface area contributed by atoms with Crippen molar-refractivity contribution < 1.29 is 4.79 Å². The Morgan fingerprint density at radius 1 is 1.12 bits per heavy atom. The van der Waals surface area contributed by atoms with Crippen LogP contribution in [0.4, 0.5) is 11.4 Å². The van der Waals surface area contributed by atoms with Gasteiger partial charge in [-0.3, -0.25) is 4.79 Å². The second-order valence-electron chi connectivity index (χ2n) is 9.68. The molecule has 1 saturated heterocycles. The second kappa shape index (κ2) is 8.25. The van der Waals surface area contributed by atoms with Gasteiger partial charge >= 0.3 is 0 Å². The van der Waals surface area contributed by atoms with E-state index in [2.05, 4.69) is 59.0 Å². The number of nitrogens with two attached hydrogens (primary N) is 1. The number of amides is 1. The predicted octanol–water partition coefficient (Wildman–Crippen LogP) is 5.05. The topological polar surface area (TPSA) is 83.3 Å². The molecule has 1 fully saturated rings. The van der Waals surface area contributed by atoms with Crippen molar-refractivity contribution in [1.29, 1.82) is 0 Å². The smallest absolute Gasteiger partial charge is 0.263 e. The van der Waals surface area contributed by atoms with Crippen molar-refractivity contribution in [3.05, 3.63) is 52.9 Å². The molecule has 7 heteroatoms. The number of thiophene rings is 1. The molecule has 4 N–H and O–H groups in total. The van der Waals surface area contributed by atoms with E-state index in [1.807, 2.05) is 13.0 Å². The van der Waals surface area contributed by atoms with Gasteiger partial charge in [0.15, 0.2) is 0 Å². The number of rotatable bonds is 2. The molecule has 6 nitrogen and oxygen atoms in total. The van der Waals surface area contributed by atoms with Gasteiger partial charge in [-0.1, -0.05) is 12.1 Å². The molecule has 2 aromatic carbocycles. The Balaban J connectivity index is 1.38. The third-order valence-corrected chi connectivity index (χ3v) is 8.39. The predicted molar refractivity (Wildman–Crippen MR) is 142 cm³/mol. The summed E-state index contributed by atoms with van der Waals surface area (Å²) in [6.07, 6.45) is 2.31. The van der Waals surface area contributed by atoms with Gasteiger partial charge in [0.25, 0.3) is 5.91 Å². The van der Waals surface area contributed by atoms with Crippen LogP contribution >= 0.6 is 11.3 Å². The number of nitrogens with zero attached hydrogens (tertiary/aromatic N) is 2. The normalized spacial score (nSPS) is 19.6. The molecule has 2 aliphatic heterocycles. The van der Waals surface area contributed by atoms with E-state index in [1.165, 1.54) is 16.9 Å². The molecule has 34 heavy (non-hydrogen) atoms. The van der Waals surface area contributed by atoms with Gasteiger partial charge in [-0.25, -0.2) is 4.98 Å². The number of pyridine rings is 1. The molecule has 0 saturated carbocycles. The lowest BCUT2D eigenvalue weighted by Crippen LogP contribution is -2.34. The van der Waals surface area contributed by atoms with Crippen LogP contribution in [0.5, 0.6) is 0 Å². The van der Waals surface area contributed by atoms with E-state index >= 15 is 0 Å². The number of hydrogen-bond donors (Lipinski definition) is 3. The number of carbonyl (C=O) groups is 1. The van der Waals surface area contributed by atoms with Crippen LogP contribution in [0.15, 0.2) is 42.5 Å². The third kappa shape index (κ3) is 3.60. The van der Waals surface area contributed by atoms with Gasteiger partial charge in [0.2, 0.25) is 0 Å². The standard InChI is InChI=1S/C27H29N5OS/c1-15-14-29-25-24-19-5-6-21(31-22(19)7-8-23(24)34-26(25)27(33)30-15)17-3-4-18(20(28)13-17)16-9-11-32(2)12-10-16/h3-8,13,15-16,29H,9-12,14,28H2,1-2H3,(H,30,33)/t15-/m1/s1. The Morgan fingerprint density at radius 3 is 2.74 bits per heavy atom. The van der Waals surface area contributed by atoms with Crippen molar-refractivity contribution in [2.45, 2.75) is 31.7 Å². The quantitative estimate of drug-likeness (QED) is 0.356. The molecule has 2 aliphatic rings. The van der Waals surface area contributed by atoms with Crippen LogP contribution in [-0.2, 0) is 0 Å². The first-order chi connectivity index (χ1) is 16.5. The first-order valence-corrected chi connectivity index (χ1v) is 12.8. The molecule has 0 unspecified atom stereocenters. The van der Waals surface area contributed by atoms with Crippen LogP contribution in [0, 0.1) is 0 Å². The Bertz CT molecular complexity index is 1420. The molecule has 4 heterocycles. The van der Waals surface area contributed by atoms with Crippen LogP contribution < -0.4 is 16.4 Å². The molecule has 2 aromatic heterocycles. The largest absolute Gasteiger partial charge is 0.398 e. The average molecular weight is 472 g/mol. The monoisotopic (exact) mass is 471 g/mol. The maximum atomic E-state index is 12.7. The lowest BCUT2D eigenvalue weighted by atomic mass is 9.87. The molecular formula is C27H29N5OS. The van der Waals surface area contributed by atoms with E-state index in [-0.39, 0.29) is 11.9 Å². The number of nitrogen functional groups attached to an aromatic ring is 1. The number of piperidine rings is 1. The number of carbonyl (C=O) groups excluding carboxylic acids is 1. The summed E-state index contributed by atoms with van der Waals surface area (Å²) in [4.78, 5) is 20.8. The minimum Gasteiger partial charge on any atom is -0.398 e. The molecule has 1 amide bonds. The van der Waals surface area contributed by atoms with E-state index in [1.54, 1.807) is 0 Å². The van der Waals surface area contributed by atoms with Crippen molar-refractivity contribution in [3.63, 3.8) is 0 Å². The van der Waals surface area contributed by atoms with Crippen molar-refractivity contribution >= 4 is 49.6 Å². The van der Waals surface area contributed by atoms with Crippen molar-refractivity contribution in [1.82, 2.24) is 15.2 Å². The van der Waals surface area contributed by atoms with E-state index in [9.17, 15) is 4.79 Å². The van der Waals surface area contributed by atoms with Crippen LogP contribution in [0.25, 0.3) is 32.2 Å². The fourth-order valence-corrected chi connectivity index (χ4v) is 6.41. The lowest BCUT2D eigenvalue weighted by Gasteiger charge is -2.30. The SMILES string of the molecule is C[C@@H]1CNc2c(sc3ccc4nc(-c5ccc(C6CCN(C)CC6)c(N)c5)ccc4c23)C(=O)N1. The van der Waals surface area contributed by atoms with E-state index in [4.69, 9.17) is 10.7 Å². The molecule has 0 aliphatic carbocycles. The zero-order valence-electron chi connectivity index (χ0n) is 19.5. The third-order valence-electron chi connectivity index (χ3n) is 7.23. The highest BCUT2D eigenvalue weighted by Crippen LogP contribution is 2.41. The molecule has 1 atom stereocenters. The number of likely N-dealkylation sites (tertiary alicyclic amines) is 1. The molecule has 0 radical (unpaired) electrons. The summed E-state index contributed by atoms with van der Waals surface area (Å²) in [5.74, 6) is 0.524. The fourth-order valence-electron chi connectivity index (χ4n) is 5.31. The van der Waals surface area contributed by atoms with Gasteiger partial charge in [0.1, 0.15) is 4.88 Å². The summed E-state index contributed by atoms with van der Waals surface area (Å²) in [7, 11) is 2.18. The fraction of sp³-hybridized carbons (Fsp3) is 0.333. The van der Waals surface area contributed by atoms with Crippen molar-refractivity contribution in [2.75, 3.05) is 37.7 Å². The second-order valence-corrected chi connectivity index (χ2v) is 10.7. The lowest BCUT2D eigenvalue weighted by molar-refractivity contribution is 0.0949. The van der Waals surface area contributed by atoms with E-state index in [0.29, 0.717) is 12.5 Å². The van der Waals surface area contributed by atoms with Crippen molar-refractivity contribution in [2.24, 2.45) is 0 Å². The van der Waals surface area contributed by atoms with Gasteiger partial charge in [0, 0.05) is 39.3 Å². The molecule has 6 rings (SSSR count). The number of fused-ring (bicyclic) bond motifs is 5. The summed E-state index contributed by atoms with van der Waals surface area (Å²) in [6.45, 7) is 4.96. The Morgan fingerprint density at radius 2 is 1.94 bits per heavy atom. The number of nitrogens with one attached hydrogen (secondary N) is 2. The first-order valence-electron chi connectivity index (χ1n) is 12.0. The average Bonchev–Trinajstić information content (AvgIpc) is 3.16. The Kier molecular flexibility index (Phi) is 5.19. The van der Waals surface area contributed by atoms with E-state index < -0.39 is 0 Å². The minimum absolute atomic E-state index is 0.00777. The Hall–Kier alpha value is -3.16. The van der Waals surface area contributed by atoms with Crippen LogP contribution in [0.1, 0.15) is 40.9 Å². The van der Waals surface area contributed by atoms with Gasteiger partial charge in [-0.15, -0.1) is 11.3 Å². The molecule has 0 spiro atoms. The van der Waals surface area contributed by atoms with Gasteiger partial charge < -0.3 is 21.3 Å². The maximum absolute atomic E-state index is 12.7. The van der Waals surface area contributed by atoms with Crippen LogP contribution in [0.3, 0.4) is 0 Å². The van der Waals surface area contributed by atoms with E-state index in [0.717, 1.165) is 74.4 Å². The number of benzene rings is 2. The van der Waals surface area contributed by atoms with Gasteiger partial charge in [0.05, 0.1) is 16.9 Å². The Labute approximate surface area is 203 Å². The summed E-state index contributed by atoms with van der Waals surface area (Å²) in [6, 6.07) is 14.8. The number of aromatic nitrogens is 1. The highest BCUT2D eigenvalue weighted by Gasteiger charge is 2.25. The summed E-state index contributed by atoms with van der Waals surface area (Å²) in [5, 5.41) is 8.69. The van der Waals surface area contributed by atoms with Crippen LogP contribution in [0.2, 0.25) is 0 Å². The summed E-state index contributed by atoms with van der Waals surface area (Å²) >= 11 is 1.53. The minimum atomic E-state index is -0.00777. The number of hydrogen-bond acceptors (Lipinski definition) is 6. The molecule has 4 aromatic rings. The highest BCUT2D eigenvalue weighted by molar-refractivity contribution is 7.21. The highest BCUT2D eigenvalue weighted by atomic mass is 32.1.